The van der Waals surface area contributed by atoms with Crippen LogP contribution in [0.15, 0.2) is 87.2 Å². The second-order valence-corrected chi connectivity index (χ2v) is 7.43. The molecule has 2 atom stereocenters. The van der Waals surface area contributed by atoms with Gasteiger partial charge in [-0.15, -0.1) is 3.89 Å². The highest BCUT2D eigenvalue weighted by Crippen LogP contribution is 2.20. The molecule has 7 heteroatoms. The van der Waals surface area contributed by atoms with Crippen LogP contribution in [-0.2, 0) is 16.5 Å². The molecule has 0 aromatic heterocycles. The maximum Gasteiger partial charge on any atom is 0.231 e. The number of hydrogen-bond acceptors (Lipinski definition) is 3. The van der Waals surface area contributed by atoms with Gasteiger partial charge in [-0.1, -0.05) is 65.8 Å². The molecule has 0 amide bonds. The van der Waals surface area contributed by atoms with Crippen LogP contribution in [0.2, 0.25) is 0 Å². The summed E-state index contributed by atoms with van der Waals surface area (Å²) < 4.78 is 31.0. The molecule has 0 aliphatic rings. The highest BCUT2D eigenvalue weighted by molar-refractivity contribution is 7.88. The van der Waals surface area contributed by atoms with Crippen LogP contribution in [0.4, 0.5) is 3.89 Å². The first-order chi connectivity index (χ1) is 12.6. The number of azide groups is 1. The van der Waals surface area contributed by atoms with E-state index in [-0.39, 0.29) is 11.4 Å². The van der Waals surface area contributed by atoms with Gasteiger partial charge in [-0.2, -0.15) is 0 Å². The lowest BCUT2D eigenvalue weighted by Crippen LogP contribution is -2.14. The van der Waals surface area contributed by atoms with E-state index in [0.29, 0.717) is 6.42 Å². The molecule has 5 nitrogen and oxygen atoms in total. The SMILES string of the molecule is [N-]=[N+]=NC[C@H](Cc1ccc2ccccc2c1)N=S(=O)(F)c1ccccc1. The quantitative estimate of drug-likeness (QED) is 0.246. The Labute approximate surface area is 151 Å². The zero-order valence-corrected chi connectivity index (χ0v) is 14.7. The second-order valence-electron chi connectivity index (χ2n) is 5.83. The van der Waals surface area contributed by atoms with Gasteiger partial charge in [0.25, 0.3) is 0 Å². The van der Waals surface area contributed by atoms with Crippen molar-refractivity contribution < 1.29 is 8.09 Å². The van der Waals surface area contributed by atoms with Gasteiger partial charge in [-0.25, -0.2) is 8.57 Å². The summed E-state index contributed by atoms with van der Waals surface area (Å²) >= 11 is 0. The summed E-state index contributed by atoms with van der Waals surface area (Å²) in [5.74, 6) is 0. The number of nitrogens with zero attached hydrogens (tertiary/aromatic N) is 4. The van der Waals surface area contributed by atoms with Crippen molar-refractivity contribution >= 4 is 20.9 Å². The monoisotopic (exact) mass is 368 g/mol. The fourth-order valence-corrected chi connectivity index (χ4v) is 3.88. The average Bonchev–Trinajstić information content (AvgIpc) is 2.66. The normalized spacial score (nSPS) is 14.2. The van der Waals surface area contributed by atoms with Gasteiger partial charge >= 0.3 is 0 Å². The average molecular weight is 368 g/mol. The minimum absolute atomic E-state index is 0.0180. The Balaban J connectivity index is 1.93. The van der Waals surface area contributed by atoms with Crippen molar-refractivity contribution in [2.75, 3.05) is 6.54 Å². The van der Waals surface area contributed by atoms with E-state index >= 15 is 0 Å². The molecule has 0 spiro atoms. The molecule has 0 heterocycles. The molecule has 1 unspecified atom stereocenters. The van der Waals surface area contributed by atoms with Crippen molar-refractivity contribution in [1.82, 2.24) is 0 Å². The van der Waals surface area contributed by atoms with Gasteiger partial charge in [0.1, 0.15) is 0 Å². The first kappa shape index (κ1) is 17.9. The number of fused-ring (bicyclic) bond motifs is 1. The van der Waals surface area contributed by atoms with E-state index in [9.17, 15) is 8.09 Å². The van der Waals surface area contributed by atoms with Crippen LogP contribution in [0.1, 0.15) is 5.56 Å². The molecule has 3 rings (SSSR count). The molecule has 3 aromatic carbocycles. The maximum atomic E-state index is 14.7. The lowest BCUT2D eigenvalue weighted by Gasteiger charge is -2.12. The van der Waals surface area contributed by atoms with E-state index in [1.807, 2.05) is 42.5 Å². The molecule has 3 aromatic rings. The van der Waals surface area contributed by atoms with E-state index in [1.54, 1.807) is 18.2 Å². The van der Waals surface area contributed by atoms with Gasteiger partial charge in [-0.3, -0.25) is 0 Å². The molecule has 0 saturated heterocycles. The molecule has 0 fully saturated rings. The number of hydrogen-bond donors (Lipinski definition) is 0. The summed E-state index contributed by atoms with van der Waals surface area (Å²) in [5.41, 5.74) is 9.50. The predicted octanol–water partition coefficient (Wildman–Crippen LogP) is 5.47. The largest absolute Gasteiger partial charge is 0.231 e. The second kappa shape index (κ2) is 7.99. The molecule has 132 valence electrons. The third-order valence-corrected chi connectivity index (χ3v) is 5.38. The summed E-state index contributed by atoms with van der Waals surface area (Å²) in [5, 5.41) is 5.65. The van der Waals surface area contributed by atoms with Crippen molar-refractivity contribution in [2.24, 2.45) is 9.48 Å². The minimum Gasteiger partial charge on any atom is -0.211 e. The van der Waals surface area contributed by atoms with E-state index in [4.69, 9.17) is 5.53 Å². The molecule has 0 aliphatic carbocycles. The zero-order valence-electron chi connectivity index (χ0n) is 13.9. The topological polar surface area (TPSA) is 78.2 Å². The van der Waals surface area contributed by atoms with Crippen LogP contribution in [-0.4, -0.2) is 16.8 Å². The molecule has 0 saturated carbocycles. The Morgan fingerprint density at radius 2 is 1.69 bits per heavy atom. The summed E-state index contributed by atoms with van der Waals surface area (Å²) in [7, 11) is -4.06. The third-order valence-electron chi connectivity index (χ3n) is 3.96. The summed E-state index contributed by atoms with van der Waals surface area (Å²) in [6, 6.07) is 20.9. The van der Waals surface area contributed by atoms with Crippen molar-refractivity contribution in [1.29, 1.82) is 0 Å². The van der Waals surface area contributed by atoms with Crippen LogP contribution in [0, 0.1) is 0 Å². The molecular weight excluding hydrogens is 351 g/mol. The lowest BCUT2D eigenvalue weighted by atomic mass is 10.0. The van der Waals surface area contributed by atoms with E-state index < -0.39 is 16.2 Å². The molecular formula is C19H17FN4OS. The molecule has 0 bridgehead atoms. The fraction of sp³-hybridized carbons (Fsp3) is 0.158. The minimum atomic E-state index is -4.06. The number of benzene rings is 3. The highest BCUT2D eigenvalue weighted by atomic mass is 32.3. The van der Waals surface area contributed by atoms with E-state index in [2.05, 4.69) is 14.4 Å². The van der Waals surface area contributed by atoms with Crippen LogP contribution in [0.25, 0.3) is 21.2 Å². The molecule has 26 heavy (non-hydrogen) atoms. The van der Waals surface area contributed by atoms with Crippen molar-refractivity contribution in [3.05, 3.63) is 88.8 Å². The van der Waals surface area contributed by atoms with Gasteiger partial charge in [0.2, 0.25) is 10.1 Å². The number of halogens is 1. The Morgan fingerprint density at radius 3 is 2.42 bits per heavy atom. The fourth-order valence-electron chi connectivity index (χ4n) is 2.74. The molecule has 0 aliphatic heterocycles. The first-order valence-corrected chi connectivity index (χ1v) is 9.49. The van der Waals surface area contributed by atoms with Crippen LogP contribution in [0.5, 0.6) is 0 Å². The smallest absolute Gasteiger partial charge is 0.211 e. The third kappa shape index (κ3) is 4.39. The Morgan fingerprint density at radius 1 is 1.00 bits per heavy atom. The van der Waals surface area contributed by atoms with Gasteiger partial charge in [0.15, 0.2) is 0 Å². The van der Waals surface area contributed by atoms with E-state index in [0.717, 1.165) is 16.3 Å². The van der Waals surface area contributed by atoms with Gasteiger partial charge in [0, 0.05) is 11.5 Å². The summed E-state index contributed by atoms with van der Waals surface area (Å²) in [6.07, 6.45) is 0.331. The Bertz CT molecular complexity index is 1070. The van der Waals surface area contributed by atoms with Crippen molar-refractivity contribution in [3.8, 4) is 0 Å². The summed E-state index contributed by atoms with van der Waals surface area (Å²) in [6.45, 7) is -0.0585. The van der Waals surface area contributed by atoms with Gasteiger partial charge < -0.3 is 0 Å². The summed E-state index contributed by atoms with van der Waals surface area (Å²) in [4.78, 5) is 2.74. The van der Waals surface area contributed by atoms with Crippen LogP contribution >= 0.6 is 0 Å². The molecule has 0 radical (unpaired) electrons. The van der Waals surface area contributed by atoms with Crippen molar-refractivity contribution in [3.63, 3.8) is 0 Å². The van der Waals surface area contributed by atoms with Gasteiger partial charge in [-0.05, 0) is 40.4 Å². The lowest BCUT2D eigenvalue weighted by molar-refractivity contribution is 0.616. The predicted molar refractivity (Wildman–Crippen MR) is 102 cm³/mol. The highest BCUT2D eigenvalue weighted by Gasteiger charge is 2.16. The van der Waals surface area contributed by atoms with Crippen molar-refractivity contribution in [2.45, 2.75) is 17.4 Å². The number of rotatable bonds is 6. The first-order valence-electron chi connectivity index (χ1n) is 8.08. The Kier molecular flexibility index (Phi) is 5.51. The van der Waals surface area contributed by atoms with Crippen LogP contribution in [0.3, 0.4) is 0 Å². The zero-order chi connectivity index (χ0) is 18.4. The standard InChI is InChI=1S/C19H17FN4OS/c20-26(25,19-8-2-1-3-9-19)23-18(14-22-24-21)13-15-10-11-16-6-4-5-7-17(16)12-15/h1-12,18H,13-14H2/t18-,26?/m0/s1. The maximum absolute atomic E-state index is 14.7. The van der Waals surface area contributed by atoms with E-state index in [1.165, 1.54) is 12.1 Å². The Hall–Kier alpha value is -2.89. The van der Waals surface area contributed by atoms with Gasteiger partial charge in [0.05, 0.1) is 10.9 Å². The molecule has 0 N–H and O–H groups in total. The van der Waals surface area contributed by atoms with Crippen LogP contribution < -0.4 is 0 Å².